The molecule has 1 N–H and O–H groups in total. The Labute approximate surface area is 114 Å². The number of carbonyl (C=O) groups is 1. The van der Waals surface area contributed by atoms with Crippen LogP contribution in [-0.4, -0.2) is 24.5 Å². The molecule has 0 saturated heterocycles. The molecule has 0 fully saturated rings. The number of rotatable bonds is 5. The number of benzene rings is 1. The minimum atomic E-state index is -4.18. The Morgan fingerprint density at radius 2 is 1.95 bits per heavy atom. The van der Waals surface area contributed by atoms with Crippen molar-refractivity contribution in [3.05, 3.63) is 46.3 Å². The highest BCUT2D eigenvalue weighted by molar-refractivity contribution is 7.85. The Morgan fingerprint density at radius 3 is 2.65 bits per heavy atom. The van der Waals surface area contributed by atoms with E-state index in [0.717, 1.165) is 0 Å². The zero-order valence-corrected chi connectivity index (χ0v) is 11.2. The molecule has 0 unspecified atom stereocenters. The first-order valence-corrected chi connectivity index (χ1v) is 7.45. The maximum absolute atomic E-state index is 11.7. The van der Waals surface area contributed by atoms with Gasteiger partial charge in [-0.05, 0) is 12.1 Å². The number of hydrogen-bond acceptors (Lipinski definition) is 5. The van der Waals surface area contributed by atoms with Gasteiger partial charge in [-0.2, -0.15) is 8.42 Å². The highest BCUT2D eigenvalue weighted by Gasteiger charge is 2.13. The van der Waals surface area contributed by atoms with E-state index in [9.17, 15) is 18.0 Å². The molecular weight excluding hydrogens is 284 g/mol. The molecule has 2 aromatic rings. The van der Waals surface area contributed by atoms with Gasteiger partial charge >= 0.3 is 5.63 Å². The third-order valence-corrected chi connectivity index (χ3v) is 3.46. The number of carbonyl (C=O) groups excluding carboxylic acids is 1. The number of Topliss-reactive ketones (excluding diaryl/α,β-unsaturated/α-hetero) is 1. The van der Waals surface area contributed by atoms with E-state index in [0.29, 0.717) is 11.0 Å². The molecule has 1 aromatic carbocycles. The number of fused-ring (bicyclic) bond motifs is 1. The van der Waals surface area contributed by atoms with E-state index in [1.807, 2.05) is 0 Å². The normalized spacial score (nSPS) is 11.7. The van der Waals surface area contributed by atoms with Crippen molar-refractivity contribution in [2.75, 3.05) is 5.75 Å². The highest BCUT2D eigenvalue weighted by atomic mass is 32.2. The summed E-state index contributed by atoms with van der Waals surface area (Å²) < 4.78 is 34.7. The van der Waals surface area contributed by atoms with Crippen molar-refractivity contribution in [1.29, 1.82) is 0 Å². The van der Waals surface area contributed by atoms with E-state index < -0.39 is 27.3 Å². The molecule has 0 aliphatic rings. The summed E-state index contributed by atoms with van der Waals surface area (Å²) in [5, 5.41) is 0.685. The molecule has 0 saturated carbocycles. The van der Waals surface area contributed by atoms with Gasteiger partial charge in [0.15, 0.2) is 0 Å². The lowest BCUT2D eigenvalue weighted by atomic mass is 10.1. The van der Waals surface area contributed by atoms with Crippen molar-refractivity contribution < 1.29 is 22.2 Å². The van der Waals surface area contributed by atoms with Gasteiger partial charge in [0, 0.05) is 23.8 Å². The third kappa shape index (κ3) is 3.75. The lowest BCUT2D eigenvalue weighted by molar-refractivity contribution is -0.118. The molecule has 7 heteroatoms. The Kier molecular flexibility index (Phi) is 4.01. The summed E-state index contributed by atoms with van der Waals surface area (Å²) in [6, 6.07) is 8.42. The first kappa shape index (κ1) is 14.4. The third-order valence-electron chi connectivity index (χ3n) is 2.74. The standard InChI is InChI=1S/C13H12O6S/c14-11(5-6-20(16,17)18)8-10-7-9-3-1-2-4-12(9)19-13(10)15/h1-4,7H,5-6,8H2,(H,16,17,18). The summed E-state index contributed by atoms with van der Waals surface area (Å²) in [7, 11) is -4.18. The van der Waals surface area contributed by atoms with Gasteiger partial charge in [-0.25, -0.2) is 4.79 Å². The summed E-state index contributed by atoms with van der Waals surface area (Å²) in [6.07, 6.45) is -0.562. The van der Waals surface area contributed by atoms with Crippen LogP contribution in [0.25, 0.3) is 11.0 Å². The summed E-state index contributed by atoms with van der Waals surface area (Å²) in [5.74, 6) is -1.10. The summed E-state index contributed by atoms with van der Waals surface area (Å²) in [5.41, 5.74) is -0.0282. The van der Waals surface area contributed by atoms with Crippen molar-refractivity contribution in [2.45, 2.75) is 12.8 Å². The van der Waals surface area contributed by atoms with Crippen molar-refractivity contribution in [3.8, 4) is 0 Å². The predicted octanol–water partition coefficient (Wildman–Crippen LogP) is 1.18. The fourth-order valence-corrected chi connectivity index (χ4v) is 2.26. The zero-order chi connectivity index (χ0) is 14.8. The van der Waals surface area contributed by atoms with Crippen LogP contribution in [0.3, 0.4) is 0 Å². The fraction of sp³-hybridized carbons (Fsp3) is 0.231. The number of para-hydroxylation sites is 1. The Hall–Kier alpha value is -1.99. The molecule has 0 aliphatic heterocycles. The Bertz CT molecular complexity index is 803. The average Bonchev–Trinajstić information content (AvgIpc) is 2.36. The lowest BCUT2D eigenvalue weighted by Gasteiger charge is -2.01. The van der Waals surface area contributed by atoms with Gasteiger partial charge < -0.3 is 4.42 Å². The van der Waals surface area contributed by atoms with E-state index in [1.54, 1.807) is 30.3 Å². The smallest absolute Gasteiger partial charge is 0.339 e. The minimum absolute atomic E-state index is 0.170. The SMILES string of the molecule is O=C(CCS(=O)(=O)O)Cc1cc2ccccc2oc1=O. The van der Waals surface area contributed by atoms with Crippen molar-refractivity contribution in [3.63, 3.8) is 0 Å². The second-order valence-corrected chi connectivity index (χ2v) is 5.92. The van der Waals surface area contributed by atoms with E-state index >= 15 is 0 Å². The summed E-state index contributed by atoms with van der Waals surface area (Å²) >= 11 is 0. The van der Waals surface area contributed by atoms with Gasteiger partial charge in [0.2, 0.25) is 0 Å². The van der Waals surface area contributed by atoms with Crippen LogP contribution >= 0.6 is 0 Å². The predicted molar refractivity (Wildman–Crippen MR) is 72.2 cm³/mol. The van der Waals surface area contributed by atoms with Crippen LogP contribution in [0.1, 0.15) is 12.0 Å². The first-order chi connectivity index (χ1) is 9.35. The molecule has 1 aromatic heterocycles. The first-order valence-electron chi connectivity index (χ1n) is 5.84. The Balaban J connectivity index is 2.19. The lowest BCUT2D eigenvalue weighted by Crippen LogP contribution is -2.16. The molecule has 106 valence electrons. The minimum Gasteiger partial charge on any atom is -0.423 e. The highest BCUT2D eigenvalue weighted by Crippen LogP contribution is 2.13. The van der Waals surface area contributed by atoms with E-state index in [4.69, 9.17) is 8.97 Å². The zero-order valence-electron chi connectivity index (χ0n) is 10.4. The molecule has 0 spiro atoms. The quantitative estimate of drug-likeness (QED) is 0.656. The Morgan fingerprint density at radius 1 is 1.25 bits per heavy atom. The molecule has 6 nitrogen and oxygen atoms in total. The second kappa shape index (κ2) is 5.56. The van der Waals surface area contributed by atoms with E-state index in [2.05, 4.69) is 0 Å². The molecule has 0 bridgehead atoms. The van der Waals surface area contributed by atoms with Crippen LogP contribution in [0.2, 0.25) is 0 Å². The van der Waals surface area contributed by atoms with Crippen molar-refractivity contribution in [1.82, 2.24) is 0 Å². The van der Waals surface area contributed by atoms with Crippen LogP contribution in [0, 0.1) is 0 Å². The number of ketones is 1. The monoisotopic (exact) mass is 296 g/mol. The van der Waals surface area contributed by atoms with Crippen LogP contribution in [0.4, 0.5) is 0 Å². The van der Waals surface area contributed by atoms with Gasteiger partial charge in [0.25, 0.3) is 10.1 Å². The molecule has 0 radical (unpaired) electrons. The second-order valence-electron chi connectivity index (χ2n) is 4.35. The summed E-state index contributed by atoms with van der Waals surface area (Å²) in [4.78, 5) is 23.3. The van der Waals surface area contributed by atoms with Gasteiger partial charge in [-0.3, -0.25) is 9.35 Å². The average molecular weight is 296 g/mol. The molecule has 0 atom stereocenters. The molecule has 20 heavy (non-hydrogen) atoms. The topological polar surface area (TPSA) is 102 Å². The maximum Gasteiger partial charge on any atom is 0.339 e. The molecule has 2 rings (SSSR count). The van der Waals surface area contributed by atoms with Gasteiger partial charge in [0.05, 0.1) is 5.75 Å². The van der Waals surface area contributed by atoms with Crippen LogP contribution < -0.4 is 5.63 Å². The largest absolute Gasteiger partial charge is 0.423 e. The van der Waals surface area contributed by atoms with Gasteiger partial charge in [0.1, 0.15) is 11.4 Å². The molecule has 0 amide bonds. The van der Waals surface area contributed by atoms with Crippen molar-refractivity contribution in [2.24, 2.45) is 0 Å². The van der Waals surface area contributed by atoms with Crippen LogP contribution in [-0.2, 0) is 21.3 Å². The molecule has 1 heterocycles. The van der Waals surface area contributed by atoms with E-state index in [-0.39, 0.29) is 18.4 Å². The van der Waals surface area contributed by atoms with Crippen LogP contribution in [0.5, 0.6) is 0 Å². The van der Waals surface area contributed by atoms with Crippen LogP contribution in [0.15, 0.2) is 39.5 Å². The molecule has 0 aliphatic carbocycles. The maximum atomic E-state index is 11.7. The van der Waals surface area contributed by atoms with Gasteiger partial charge in [-0.15, -0.1) is 0 Å². The van der Waals surface area contributed by atoms with Gasteiger partial charge in [-0.1, -0.05) is 18.2 Å². The fourth-order valence-electron chi connectivity index (χ4n) is 1.77. The van der Waals surface area contributed by atoms with E-state index in [1.165, 1.54) is 0 Å². The summed E-state index contributed by atoms with van der Waals surface area (Å²) in [6.45, 7) is 0. The number of hydrogen-bond donors (Lipinski definition) is 1. The van der Waals surface area contributed by atoms with Crippen molar-refractivity contribution >= 4 is 26.9 Å². The molecular formula is C13H12O6S.